The van der Waals surface area contributed by atoms with E-state index in [1.807, 2.05) is 43.5 Å². The minimum atomic E-state index is -0.110. The number of carbonyl (C=O) groups is 1. The van der Waals surface area contributed by atoms with Gasteiger partial charge in [0.15, 0.2) is 0 Å². The number of aromatic nitrogens is 1. The molecule has 2 heterocycles. The Morgan fingerprint density at radius 2 is 1.94 bits per heavy atom. The number of rotatable bonds is 7. The molecule has 0 unspecified atom stereocenters. The zero-order valence-electron chi connectivity index (χ0n) is 18.1. The lowest BCUT2D eigenvalue weighted by atomic mass is 10.0. The molecular formula is C26H28N2O3. The second-order valence-corrected chi connectivity index (χ2v) is 8.03. The van der Waals surface area contributed by atoms with Crippen molar-refractivity contribution in [1.82, 2.24) is 10.3 Å². The van der Waals surface area contributed by atoms with Crippen molar-refractivity contribution in [2.24, 2.45) is 0 Å². The maximum atomic E-state index is 12.9. The van der Waals surface area contributed by atoms with E-state index in [1.54, 1.807) is 0 Å². The van der Waals surface area contributed by atoms with E-state index in [1.165, 1.54) is 5.56 Å². The monoisotopic (exact) mass is 416 g/mol. The van der Waals surface area contributed by atoms with Gasteiger partial charge in [-0.3, -0.25) is 9.78 Å². The summed E-state index contributed by atoms with van der Waals surface area (Å²) in [7, 11) is 0. The zero-order chi connectivity index (χ0) is 21.6. The number of ether oxygens (including phenoxy) is 2. The van der Waals surface area contributed by atoms with Gasteiger partial charge in [-0.1, -0.05) is 35.9 Å². The summed E-state index contributed by atoms with van der Waals surface area (Å²) in [5.74, 6) is 0.586. The van der Waals surface area contributed by atoms with Crippen LogP contribution in [0, 0.1) is 13.8 Å². The molecule has 1 N–H and O–H groups in total. The Kier molecular flexibility index (Phi) is 6.63. The molecule has 2 aromatic carbocycles. The minimum Gasteiger partial charge on any atom is -0.488 e. The van der Waals surface area contributed by atoms with Gasteiger partial charge in [-0.05, 0) is 61.2 Å². The van der Waals surface area contributed by atoms with E-state index in [9.17, 15) is 4.79 Å². The van der Waals surface area contributed by atoms with Crippen LogP contribution in [0.2, 0.25) is 0 Å². The number of benzene rings is 2. The van der Waals surface area contributed by atoms with Crippen molar-refractivity contribution in [3.05, 3.63) is 83.2 Å². The summed E-state index contributed by atoms with van der Waals surface area (Å²) in [6.07, 6.45) is 3.48. The summed E-state index contributed by atoms with van der Waals surface area (Å²) < 4.78 is 11.6. The van der Waals surface area contributed by atoms with Crippen LogP contribution in [-0.2, 0) is 11.2 Å². The highest BCUT2D eigenvalue weighted by molar-refractivity contribution is 5.96. The van der Waals surface area contributed by atoms with Crippen LogP contribution in [0.3, 0.4) is 0 Å². The van der Waals surface area contributed by atoms with E-state index in [2.05, 4.69) is 41.5 Å². The number of hydrogen-bond acceptors (Lipinski definition) is 4. The van der Waals surface area contributed by atoms with Crippen LogP contribution in [0.25, 0.3) is 11.1 Å². The normalized spacial score (nSPS) is 15.6. The van der Waals surface area contributed by atoms with Crippen LogP contribution in [0.1, 0.15) is 33.6 Å². The van der Waals surface area contributed by atoms with Gasteiger partial charge in [0, 0.05) is 30.4 Å². The zero-order valence-corrected chi connectivity index (χ0v) is 18.1. The number of carbonyl (C=O) groups excluding carboxylic acids is 1. The van der Waals surface area contributed by atoms with Crippen LogP contribution in [0.4, 0.5) is 0 Å². The molecule has 0 aliphatic carbocycles. The third-order valence-electron chi connectivity index (χ3n) is 5.42. The molecule has 0 bridgehead atoms. The van der Waals surface area contributed by atoms with Crippen LogP contribution in [-0.4, -0.2) is 36.8 Å². The lowest BCUT2D eigenvalue weighted by Gasteiger charge is -2.15. The van der Waals surface area contributed by atoms with Crippen molar-refractivity contribution in [1.29, 1.82) is 0 Å². The fourth-order valence-electron chi connectivity index (χ4n) is 3.58. The highest BCUT2D eigenvalue weighted by Gasteiger charge is 2.19. The number of nitrogens with zero attached hydrogens (tertiary/aromatic N) is 1. The molecule has 3 aromatic rings. The van der Waals surface area contributed by atoms with Gasteiger partial charge >= 0.3 is 0 Å². The van der Waals surface area contributed by atoms with Crippen LogP contribution >= 0.6 is 0 Å². The fourth-order valence-corrected chi connectivity index (χ4v) is 3.58. The molecule has 1 amide bonds. The van der Waals surface area contributed by atoms with E-state index < -0.39 is 0 Å². The summed E-state index contributed by atoms with van der Waals surface area (Å²) in [6.45, 7) is 5.87. The van der Waals surface area contributed by atoms with Crippen molar-refractivity contribution in [3.63, 3.8) is 0 Å². The number of aryl methyl sites for hydroxylation is 2. The van der Waals surface area contributed by atoms with Crippen molar-refractivity contribution in [2.75, 3.05) is 19.8 Å². The first-order valence-corrected chi connectivity index (χ1v) is 10.7. The molecule has 1 fully saturated rings. The van der Waals surface area contributed by atoms with Gasteiger partial charge in [-0.2, -0.15) is 0 Å². The van der Waals surface area contributed by atoms with E-state index in [4.69, 9.17) is 9.47 Å². The summed E-state index contributed by atoms with van der Waals surface area (Å²) in [4.78, 5) is 17.2. The van der Waals surface area contributed by atoms with Crippen LogP contribution in [0.5, 0.6) is 5.75 Å². The summed E-state index contributed by atoms with van der Waals surface area (Å²) in [5.41, 5.74) is 5.89. The fraction of sp³-hybridized carbons (Fsp3) is 0.308. The Labute approximate surface area is 183 Å². The highest BCUT2D eigenvalue weighted by Crippen LogP contribution is 2.28. The first-order valence-electron chi connectivity index (χ1n) is 10.7. The molecule has 31 heavy (non-hydrogen) atoms. The van der Waals surface area contributed by atoms with E-state index in [0.717, 1.165) is 35.2 Å². The van der Waals surface area contributed by atoms with Crippen molar-refractivity contribution in [2.45, 2.75) is 32.8 Å². The van der Waals surface area contributed by atoms with Gasteiger partial charge in [-0.15, -0.1) is 0 Å². The van der Waals surface area contributed by atoms with E-state index >= 15 is 0 Å². The van der Waals surface area contributed by atoms with E-state index in [-0.39, 0.29) is 12.0 Å². The summed E-state index contributed by atoms with van der Waals surface area (Å²) in [6, 6.07) is 18.0. The molecule has 1 aromatic heterocycles. The molecule has 160 valence electrons. The molecule has 5 heteroatoms. The van der Waals surface area contributed by atoms with Gasteiger partial charge in [0.2, 0.25) is 0 Å². The summed E-state index contributed by atoms with van der Waals surface area (Å²) in [5, 5.41) is 3.02. The molecule has 1 saturated heterocycles. The first-order chi connectivity index (χ1) is 15.1. The molecule has 1 aliphatic rings. The lowest BCUT2D eigenvalue weighted by Crippen LogP contribution is -2.26. The SMILES string of the molecule is Cc1ccc(-c2cc(O[C@@H]3CCOC3)cc(C(=O)NCCc3ccc(C)nc3)c2)cc1. The maximum Gasteiger partial charge on any atom is 0.251 e. The Hall–Kier alpha value is -3.18. The summed E-state index contributed by atoms with van der Waals surface area (Å²) >= 11 is 0. The number of hydrogen-bond donors (Lipinski definition) is 1. The number of nitrogens with one attached hydrogen (secondary N) is 1. The molecule has 4 rings (SSSR count). The minimum absolute atomic E-state index is 0.0261. The smallest absolute Gasteiger partial charge is 0.251 e. The topological polar surface area (TPSA) is 60.5 Å². The lowest BCUT2D eigenvalue weighted by molar-refractivity contribution is 0.0953. The Balaban J connectivity index is 1.51. The van der Waals surface area contributed by atoms with Gasteiger partial charge in [0.25, 0.3) is 5.91 Å². The Bertz CT molecular complexity index is 1020. The standard InChI is InChI=1S/C26H28N2O3/c1-18-3-7-21(8-4-18)22-13-23(15-25(14-22)31-24-10-12-30-17-24)26(29)27-11-9-20-6-5-19(2)28-16-20/h3-8,13-16,24H,9-12,17H2,1-2H3,(H,27,29)/t24-/m1/s1. The number of pyridine rings is 1. The van der Waals surface area contributed by atoms with Crippen LogP contribution < -0.4 is 10.1 Å². The molecule has 0 spiro atoms. The molecule has 1 atom stereocenters. The number of amides is 1. The predicted octanol–water partition coefficient (Wildman–Crippen LogP) is 4.51. The van der Waals surface area contributed by atoms with Crippen molar-refractivity contribution >= 4 is 5.91 Å². The van der Waals surface area contributed by atoms with E-state index in [0.29, 0.717) is 31.1 Å². The quantitative estimate of drug-likeness (QED) is 0.616. The molecule has 5 nitrogen and oxygen atoms in total. The third kappa shape index (κ3) is 5.70. The second kappa shape index (κ2) is 9.75. The second-order valence-electron chi connectivity index (χ2n) is 8.03. The maximum absolute atomic E-state index is 12.9. The van der Waals surface area contributed by atoms with Gasteiger partial charge < -0.3 is 14.8 Å². The van der Waals surface area contributed by atoms with Crippen LogP contribution in [0.15, 0.2) is 60.8 Å². The first kappa shape index (κ1) is 21.1. The predicted molar refractivity (Wildman–Crippen MR) is 121 cm³/mol. The molecule has 0 radical (unpaired) electrons. The van der Waals surface area contributed by atoms with Crippen molar-refractivity contribution < 1.29 is 14.3 Å². The third-order valence-corrected chi connectivity index (χ3v) is 5.42. The highest BCUT2D eigenvalue weighted by atomic mass is 16.5. The van der Waals surface area contributed by atoms with Gasteiger partial charge in [-0.25, -0.2) is 0 Å². The molecule has 1 aliphatic heterocycles. The Morgan fingerprint density at radius 1 is 1.10 bits per heavy atom. The molecular weight excluding hydrogens is 388 g/mol. The van der Waals surface area contributed by atoms with Gasteiger partial charge in [0.1, 0.15) is 11.9 Å². The largest absolute Gasteiger partial charge is 0.488 e. The van der Waals surface area contributed by atoms with Gasteiger partial charge in [0.05, 0.1) is 13.2 Å². The average Bonchev–Trinajstić information content (AvgIpc) is 3.28. The van der Waals surface area contributed by atoms with Crippen molar-refractivity contribution in [3.8, 4) is 16.9 Å². The Morgan fingerprint density at radius 3 is 2.65 bits per heavy atom. The average molecular weight is 417 g/mol. The molecule has 0 saturated carbocycles.